The largest absolute Gasteiger partial charge is 0.311 e. The van der Waals surface area contributed by atoms with Crippen LogP contribution in [0.5, 0.6) is 0 Å². The van der Waals surface area contributed by atoms with Crippen molar-refractivity contribution in [3.05, 3.63) is 34.9 Å². The molecule has 0 radical (unpaired) electrons. The van der Waals surface area contributed by atoms with E-state index in [0.29, 0.717) is 6.04 Å². The molecule has 0 amide bonds. The van der Waals surface area contributed by atoms with Gasteiger partial charge in [0.1, 0.15) is 0 Å². The Morgan fingerprint density at radius 2 is 2.41 bits per heavy atom. The fourth-order valence-electron chi connectivity index (χ4n) is 2.12. The molecule has 94 valence electrons. The van der Waals surface area contributed by atoms with Crippen LogP contribution < -0.4 is 5.32 Å². The van der Waals surface area contributed by atoms with E-state index in [1.165, 1.54) is 17.1 Å². The number of rotatable bonds is 4. The lowest BCUT2D eigenvalue weighted by Crippen LogP contribution is -2.44. The maximum Gasteiger partial charge on any atom is 0.0409 e. The lowest BCUT2D eigenvalue weighted by Gasteiger charge is -2.27. The Hall–Kier alpha value is -0.220. The van der Waals surface area contributed by atoms with Crippen molar-refractivity contribution in [3.8, 4) is 0 Å². The van der Waals surface area contributed by atoms with Crippen molar-refractivity contribution in [2.24, 2.45) is 0 Å². The van der Waals surface area contributed by atoms with Crippen LogP contribution in [-0.2, 0) is 6.54 Å². The van der Waals surface area contributed by atoms with Crippen LogP contribution in [0.25, 0.3) is 0 Å². The van der Waals surface area contributed by atoms with Crippen LogP contribution in [0.4, 0.5) is 0 Å². The van der Waals surface area contributed by atoms with Gasteiger partial charge in [0.2, 0.25) is 0 Å². The fraction of sp³-hybridized carbons (Fsp3) is 0.538. The number of nitrogens with one attached hydrogen (secondary N) is 1. The maximum atomic E-state index is 5.99. The van der Waals surface area contributed by atoms with Crippen LogP contribution in [0.15, 0.2) is 24.3 Å². The Morgan fingerprint density at radius 1 is 1.53 bits per heavy atom. The van der Waals surface area contributed by atoms with Crippen LogP contribution in [0.3, 0.4) is 0 Å². The molecule has 1 N–H and O–H groups in total. The molecule has 1 fully saturated rings. The Labute approximate surface area is 113 Å². The Kier molecular flexibility index (Phi) is 5.16. The van der Waals surface area contributed by atoms with E-state index in [-0.39, 0.29) is 0 Å². The first kappa shape index (κ1) is 13.2. The molecule has 17 heavy (non-hydrogen) atoms. The number of nitrogens with zero attached hydrogens (tertiary/aromatic N) is 1. The van der Waals surface area contributed by atoms with Crippen molar-refractivity contribution in [3.63, 3.8) is 0 Å². The highest BCUT2D eigenvalue weighted by atomic mass is 35.5. The van der Waals surface area contributed by atoms with E-state index in [0.717, 1.165) is 24.7 Å². The molecule has 1 aliphatic rings. The minimum Gasteiger partial charge on any atom is -0.311 e. The summed E-state index contributed by atoms with van der Waals surface area (Å²) in [5, 5.41) is 4.38. The van der Waals surface area contributed by atoms with Crippen LogP contribution in [-0.4, -0.2) is 42.6 Å². The first-order valence-corrected chi connectivity index (χ1v) is 7.51. The monoisotopic (exact) mass is 270 g/mol. The highest BCUT2D eigenvalue weighted by Gasteiger charge is 2.14. The molecule has 1 unspecified atom stereocenters. The van der Waals surface area contributed by atoms with Crippen LogP contribution in [0.2, 0.25) is 5.02 Å². The summed E-state index contributed by atoms with van der Waals surface area (Å²) in [7, 11) is 2.17. The molecular weight excluding hydrogens is 252 g/mol. The molecule has 0 saturated carbocycles. The Balaban J connectivity index is 1.82. The molecule has 4 heteroatoms. The number of likely N-dealkylation sites (N-methyl/N-ethyl adjacent to an activating group) is 1. The summed E-state index contributed by atoms with van der Waals surface area (Å²) >= 11 is 8.03. The second-order valence-electron chi connectivity index (χ2n) is 4.55. The molecule has 2 nitrogen and oxygen atoms in total. The molecular formula is C13H19ClN2S. The van der Waals surface area contributed by atoms with Crippen LogP contribution in [0, 0.1) is 0 Å². The zero-order valence-electron chi connectivity index (χ0n) is 10.2. The van der Waals surface area contributed by atoms with Crippen molar-refractivity contribution in [1.29, 1.82) is 0 Å². The van der Waals surface area contributed by atoms with Gasteiger partial charge in [-0.15, -0.1) is 0 Å². The molecule has 1 aromatic rings. The van der Waals surface area contributed by atoms with Crippen LogP contribution >= 0.6 is 23.4 Å². The van der Waals surface area contributed by atoms with Gasteiger partial charge in [-0.3, -0.25) is 0 Å². The first-order chi connectivity index (χ1) is 8.24. The molecule has 0 bridgehead atoms. The highest BCUT2D eigenvalue weighted by molar-refractivity contribution is 7.99. The SMILES string of the molecule is CN(Cc1cccc(Cl)c1)CC1CSCCN1. The van der Waals surface area contributed by atoms with Gasteiger partial charge in [-0.25, -0.2) is 0 Å². The summed E-state index contributed by atoms with van der Waals surface area (Å²) in [6, 6.07) is 8.73. The van der Waals surface area contributed by atoms with Gasteiger partial charge < -0.3 is 10.2 Å². The van der Waals surface area contributed by atoms with Crippen molar-refractivity contribution < 1.29 is 0 Å². The van der Waals surface area contributed by atoms with E-state index in [9.17, 15) is 0 Å². The Bertz CT molecular complexity index is 353. The third-order valence-electron chi connectivity index (χ3n) is 2.87. The predicted octanol–water partition coefficient (Wildman–Crippen LogP) is 2.48. The molecule has 1 aliphatic heterocycles. The zero-order chi connectivity index (χ0) is 12.1. The van der Waals surface area contributed by atoms with E-state index >= 15 is 0 Å². The Morgan fingerprint density at radius 3 is 3.12 bits per heavy atom. The molecule has 0 aliphatic carbocycles. The van der Waals surface area contributed by atoms with E-state index < -0.39 is 0 Å². The topological polar surface area (TPSA) is 15.3 Å². The second kappa shape index (κ2) is 6.64. The summed E-state index contributed by atoms with van der Waals surface area (Å²) in [5.41, 5.74) is 1.28. The highest BCUT2D eigenvalue weighted by Crippen LogP contribution is 2.13. The van der Waals surface area contributed by atoms with Gasteiger partial charge in [-0.05, 0) is 24.7 Å². The van der Waals surface area contributed by atoms with Gasteiger partial charge in [0, 0.05) is 42.2 Å². The molecule has 2 rings (SSSR count). The lowest BCUT2D eigenvalue weighted by molar-refractivity contribution is 0.292. The third-order valence-corrected chi connectivity index (χ3v) is 4.24. The minimum absolute atomic E-state index is 0.623. The molecule has 0 aromatic heterocycles. The van der Waals surface area contributed by atoms with Crippen molar-refractivity contribution in [1.82, 2.24) is 10.2 Å². The predicted molar refractivity (Wildman–Crippen MR) is 76.9 cm³/mol. The summed E-state index contributed by atoms with van der Waals surface area (Å²) < 4.78 is 0. The smallest absolute Gasteiger partial charge is 0.0409 e. The minimum atomic E-state index is 0.623. The summed E-state index contributed by atoms with van der Waals surface area (Å²) in [6.45, 7) is 3.20. The standard InChI is InChI=1S/C13H19ClN2S/c1-16(9-13-10-17-6-5-15-13)8-11-3-2-4-12(14)7-11/h2-4,7,13,15H,5-6,8-10H2,1H3. The van der Waals surface area contributed by atoms with Crippen molar-refractivity contribution in [2.75, 3.05) is 31.6 Å². The van der Waals surface area contributed by atoms with Crippen molar-refractivity contribution >= 4 is 23.4 Å². The number of hydrogen-bond donors (Lipinski definition) is 1. The quantitative estimate of drug-likeness (QED) is 0.905. The van der Waals surface area contributed by atoms with E-state index in [1.54, 1.807) is 0 Å². The van der Waals surface area contributed by atoms with Gasteiger partial charge in [0.05, 0.1) is 0 Å². The average molecular weight is 271 g/mol. The number of thioether (sulfide) groups is 1. The summed E-state index contributed by atoms with van der Waals surface area (Å²) in [4.78, 5) is 2.36. The molecule has 1 saturated heterocycles. The lowest BCUT2D eigenvalue weighted by atomic mass is 10.2. The molecule has 0 spiro atoms. The van der Waals surface area contributed by atoms with E-state index in [1.807, 2.05) is 30.0 Å². The number of benzene rings is 1. The maximum absolute atomic E-state index is 5.99. The number of halogens is 1. The summed E-state index contributed by atoms with van der Waals surface area (Å²) in [6.07, 6.45) is 0. The normalized spacial score (nSPS) is 20.8. The number of hydrogen-bond acceptors (Lipinski definition) is 3. The third kappa shape index (κ3) is 4.51. The fourth-order valence-corrected chi connectivity index (χ4v) is 3.27. The molecule has 1 aromatic carbocycles. The molecule has 1 atom stereocenters. The van der Waals surface area contributed by atoms with Gasteiger partial charge in [0.25, 0.3) is 0 Å². The summed E-state index contributed by atoms with van der Waals surface area (Å²) in [5.74, 6) is 2.47. The molecule has 1 heterocycles. The zero-order valence-corrected chi connectivity index (χ0v) is 11.7. The van der Waals surface area contributed by atoms with Crippen LogP contribution in [0.1, 0.15) is 5.56 Å². The van der Waals surface area contributed by atoms with E-state index in [2.05, 4.69) is 23.3 Å². The first-order valence-electron chi connectivity index (χ1n) is 5.98. The van der Waals surface area contributed by atoms with Gasteiger partial charge in [0.15, 0.2) is 0 Å². The second-order valence-corrected chi connectivity index (χ2v) is 6.14. The van der Waals surface area contributed by atoms with Gasteiger partial charge in [-0.2, -0.15) is 11.8 Å². The van der Waals surface area contributed by atoms with E-state index in [4.69, 9.17) is 11.6 Å². The van der Waals surface area contributed by atoms with Gasteiger partial charge >= 0.3 is 0 Å². The van der Waals surface area contributed by atoms with Crippen molar-refractivity contribution in [2.45, 2.75) is 12.6 Å². The average Bonchev–Trinajstić information content (AvgIpc) is 2.30. The van der Waals surface area contributed by atoms with Gasteiger partial charge in [-0.1, -0.05) is 23.7 Å².